The first-order valence-electron chi connectivity index (χ1n) is 7.78. The SMILES string of the molecule is Cc1cc(C)cc(-c2cccc3c2oc2c(C)nc(C)nc23)c1. The van der Waals surface area contributed by atoms with Gasteiger partial charge in [0.25, 0.3) is 0 Å². The van der Waals surface area contributed by atoms with E-state index in [2.05, 4.69) is 60.2 Å². The molecule has 0 aliphatic rings. The summed E-state index contributed by atoms with van der Waals surface area (Å²) < 4.78 is 6.18. The number of para-hydroxylation sites is 1. The molecule has 2 aromatic heterocycles. The number of nitrogens with zero attached hydrogens (tertiary/aromatic N) is 2. The molecule has 0 aliphatic carbocycles. The molecule has 23 heavy (non-hydrogen) atoms. The number of rotatable bonds is 1. The van der Waals surface area contributed by atoms with Crippen LogP contribution in [0.1, 0.15) is 22.6 Å². The lowest BCUT2D eigenvalue weighted by molar-refractivity contribution is 0.661. The Morgan fingerprint density at radius 1 is 0.826 bits per heavy atom. The van der Waals surface area contributed by atoms with Crippen molar-refractivity contribution in [2.45, 2.75) is 27.7 Å². The lowest BCUT2D eigenvalue weighted by Gasteiger charge is -2.05. The largest absolute Gasteiger partial charge is 0.452 e. The number of aromatic nitrogens is 2. The van der Waals surface area contributed by atoms with Crippen LogP contribution in [0.4, 0.5) is 0 Å². The Bertz CT molecular complexity index is 1040. The number of hydrogen-bond acceptors (Lipinski definition) is 3. The summed E-state index contributed by atoms with van der Waals surface area (Å²) in [4.78, 5) is 9.01. The topological polar surface area (TPSA) is 38.9 Å². The molecule has 0 saturated carbocycles. The van der Waals surface area contributed by atoms with E-state index in [0.29, 0.717) is 0 Å². The van der Waals surface area contributed by atoms with Crippen molar-refractivity contribution in [3.63, 3.8) is 0 Å². The van der Waals surface area contributed by atoms with Gasteiger partial charge in [0.15, 0.2) is 5.58 Å². The van der Waals surface area contributed by atoms with E-state index in [0.717, 1.165) is 39.2 Å². The van der Waals surface area contributed by atoms with Gasteiger partial charge in [-0.05, 0) is 39.3 Å². The summed E-state index contributed by atoms with van der Waals surface area (Å²) in [5.74, 6) is 0.773. The molecule has 0 amide bonds. The Morgan fingerprint density at radius 2 is 1.57 bits per heavy atom. The highest BCUT2D eigenvalue weighted by atomic mass is 16.3. The molecule has 0 aliphatic heterocycles. The van der Waals surface area contributed by atoms with Crippen molar-refractivity contribution in [2.24, 2.45) is 0 Å². The zero-order valence-electron chi connectivity index (χ0n) is 13.8. The predicted octanol–water partition coefficient (Wildman–Crippen LogP) is 5.28. The second kappa shape index (κ2) is 4.92. The van der Waals surface area contributed by atoms with E-state index in [1.165, 1.54) is 16.7 Å². The van der Waals surface area contributed by atoms with Gasteiger partial charge >= 0.3 is 0 Å². The normalized spacial score (nSPS) is 11.5. The van der Waals surface area contributed by atoms with E-state index >= 15 is 0 Å². The summed E-state index contributed by atoms with van der Waals surface area (Å²) in [7, 11) is 0. The van der Waals surface area contributed by atoms with Crippen LogP contribution in [0.5, 0.6) is 0 Å². The molecule has 0 fully saturated rings. The highest BCUT2D eigenvalue weighted by molar-refractivity contribution is 6.08. The number of furan rings is 1. The Hall–Kier alpha value is -2.68. The molecule has 0 spiro atoms. The van der Waals surface area contributed by atoms with Crippen molar-refractivity contribution in [3.05, 3.63) is 59.0 Å². The summed E-state index contributed by atoms with van der Waals surface area (Å²) in [5.41, 5.74) is 8.22. The predicted molar refractivity (Wildman–Crippen MR) is 93.7 cm³/mol. The summed E-state index contributed by atoms with van der Waals surface area (Å²) >= 11 is 0. The molecule has 2 heterocycles. The Kier molecular flexibility index (Phi) is 2.98. The van der Waals surface area contributed by atoms with Crippen molar-refractivity contribution in [1.29, 1.82) is 0 Å². The van der Waals surface area contributed by atoms with Crippen LogP contribution in [0, 0.1) is 27.7 Å². The molecule has 0 atom stereocenters. The van der Waals surface area contributed by atoms with Crippen molar-refractivity contribution in [3.8, 4) is 11.1 Å². The third-order valence-corrected chi connectivity index (χ3v) is 4.15. The van der Waals surface area contributed by atoms with Crippen LogP contribution in [0.25, 0.3) is 33.2 Å². The van der Waals surface area contributed by atoms with E-state index in [4.69, 9.17) is 4.42 Å². The summed E-state index contributed by atoms with van der Waals surface area (Å²) in [5, 5.41) is 1.05. The van der Waals surface area contributed by atoms with Gasteiger partial charge in [0.2, 0.25) is 0 Å². The Balaban J connectivity index is 2.11. The highest BCUT2D eigenvalue weighted by Crippen LogP contribution is 2.36. The quantitative estimate of drug-likeness (QED) is 0.480. The van der Waals surface area contributed by atoms with Gasteiger partial charge in [0.05, 0.1) is 5.69 Å². The molecule has 0 unspecified atom stereocenters. The summed E-state index contributed by atoms with van der Waals surface area (Å²) in [6.07, 6.45) is 0. The molecule has 2 aromatic carbocycles. The zero-order valence-corrected chi connectivity index (χ0v) is 13.8. The molecule has 4 aromatic rings. The number of benzene rings is 2. The maximum Gasteiger partial charge on any atom is 0.175 e. The lowest BCUT2D eigenvalue weighted by Crippen LogP contribution is -1.90. The van der Waals surface area contributed by atoms with Crippen molar-refractivity contribution in [2.75, 3.05) is 0 Å². The molecule has 3 nitrogen and oxygen atoms in total. The molecule has 114 valence electrons. The van der Waals surface area contributed by atoms with Gasteiger partial charge in [-0.15, -0.1) is 0 Å². The average Bonchev–Trinajstić information content (AvgIpc) is 2.85. The average molecular weight is 302 g/mol. The first-order chi connectivity index (χ1) is 11.0. The number of aryl methyl sites for hydroxylation is 4. The summed E-state index contributed by atoms with van der Waals surface area (Å²) in [6, 6.07) is 12.8. The van der Waals surface area contributed by atoms with Crippen LogP contribution >= 0.6 is 0 Å². The minimum atomic E-state index is 0.773. The Morgan fingerprint density at radius 3 is 2.30 bits per heavy atom. The molecule has 0 radical (unpaired) electrons. The molecule has 3 heteroatoms. The minimum absolute atomic E-state index is 0.773. The summed E-state index contributed by atoms with van der Waals surface area (Å²) in [6.45, 7) is 8.12. The van der Waals surface area contributed by atoms with Gasteiger partial charge in [-0.1, -0.05) is 41.5 Å². The first kappa shape index (κ1) is 13.9. The fourth-order valence-corrected chi connectivity index (χ4v) is 3.30. The van der Waals surface area contributed by atoms with E-state index in [-0.39, 0.29) is 0 Å². The van der Waals surface area contributed by atoms with Crippen LogP contribution < -0.4 is 0 Å². The lowest BCUT2D eigenvalue weighted by atomic mass is 9.99. The van der Waals surface area contributed by atoms with E-state index in [1.807, 2.05) is 13.8 Å². The van der Waals surface area contributed by atoms with Crippen molar-refractivity contribution < 1.29 is 4.42 Å². The second-order valence-electron chi connectivity index (χ2n) is 6.19. The molecule has 0 bridgehead atoms. The van der Waals surface area contributed by atoms with E-state index in [1.54, 1.807) is 0 Å². The standard InChI is InChI=1S/C20H18N2O/c1-11-8-12(2)10-15(9-11)16-6-5-7-17-18-19(23-20(16)17)13(3)21-14(4)22-18/h5-10H,1-4H3. The molecule has 0 saturated heterocycles. The molecular formula is C20H18N2O. The first-order valence-corrected chi connectivity index (χ1v) is 7.78. The fourth-order valence-electron chi connectivity index (χ4n) is 3.30. The van der Waals surface area contributed by atoms with Gasteiger partial charge < -0.3 is 4.42 Å². The van der Waals surface area contributed by atoms with Crippen LogP contribution in [-0.2, 0) is 0 Å². The van der Waals surface area contributed by atoms with Gasteiger partial charge in [0.1, 0.15) is 16.9 Å². The van der Waals surface area contributed by atoms with Crippen LogP contribution in [0.15, 0.2) is 40.8 Å². The van der Waals surface area contributed by atoms with Crippen molar-refractivity contribution in [1.82, 2.24) is 9.97 Å². The zero-order chi connectivity index (χ0) is 16.1. The number of fused-ring (bicyclic) bond motifs is 3. The van der Waals surface area contributed by atoms with Gasteiger partial charge in [-0.3, -0.25) is 0 Å². The highest BCUT2D eigenvalue weighted by Gasteiger charge is 2.15. The molecule has 0 N–H and O–H groups in total. The number of hydrogen-bond donors (Lipinski definition) is 0. The van der Waals surface area contributed by atoms with Gasteiger partial charge in [0, 0.05) is 10.9 Å². The van der Waals surface area contributed by atoms with E-state index < -0.39 is 0 Å². The monoisotopic (exact) mass is 302 g/mol. The third kappa shape index (κ3) is 2.20. The third-order valence-electron chi connectivity index (χ3n) is 4.15. The van der Waals surface area contributed by atoms with Gasteiger partial charge in [-0.2, -0.15) is 0 Å². The van der Waals surface area contributed by atoms with Crippen LogP contribution in [-0.4, -0.2) is 9.97 Å². The maximum absolute atomic E-state index is 6.18. The second-order valence-corrected chi connectivity index (χ2v) is 6.19. The minimum Gasteiger partial charge on any atom is -0.452 e. The fraction of sp³-hybridized carbons (Fsp3) is 0.200. The maximum atomic E-state index is 6.18. The Labute approximate surface area is 135 Å². The van der Waals surface area contributed by atoms with Crippen LogP contribution in [0.3, 0.4) is 0 Å². The van der Waals surface area contributed by atoms with Crippen molar-refractivity contribution >= 4 is 22.1 Å². The smallest absolute Gasteiger partial charge is 0.175 e. The molecule has 4 rings (SSSR count). The molecular weight excluding hydrogens is 284 g/mol. The van der Waals surface area contributed by atoms with Gasteiger partial charge in [-0.25, -0.2) is 9.97 Å². The van der Waals surface area contributed by atoms with Crippen LogP contribution in [0.2, 0.25) is 0 Å². The van der Waals surface area contributed by atoms with E-state index in [9.17, 15) is 0 Å².